The molecule has 1 aromatic rings. The maximum Gasteiger partial charge on any atom is 0.237 e. The fraction of sp³-hybridized carbons (Fsp3) is 0.682. The van der Waals surface area contributed by atoms with Crippen molar-refractivity contribution >= 4 is 5.91 Å². The van der Waals surface area contributed by atoms with Crippen molar-refractivity contribution in [2.24, 2.45) is 0 Å². The normalized spacial score (nSPS) is 25.0. The van der Waals surface area contributed by atoms with E-state index in [-0.39, 0.29) is 11.9 Å². The molecule has 5 heteroatoms. The Kier molecular flexibility index (Phi) is 7.68. The van der Waals surface area contributed by atoms with Gasteiger partial charge in [-0.2, -0.15) is 0 Å². The van der Waals surface area contributed by atoms with Crippen LogP contribution in [0.25, 0.3) is 0 Å². The number of hydrogen-bond acceptors (Lipinski definition) is 4. The summed E-state index contributed by atoms with van der Waals surface area (Å²) in [6.07, 6.45) is 4.50. The Hall–Kier alpha value is -1.43. The van der Waals surface area contributed by atoms with Crippen LogP contribution in [0.5, 0.6) is 0 Å². The van der Waals surface area contributed by atoms with E-state index in [9.17, 15) is 4.79 Å². The predicted octanol–water partition coefficient (Wildman–Crippen LogP) is 2.23. The molecule has 2 saturated heterocycles. The molecule has 0 bridgehead atoms. The first-order chi connectivity index (χ1) is 13.2. The lowest BCUT2D eigenvalue weighted by Crippen LogP contribution is -2.51. The first-order valence-corrected chi connectivity index (χ1v) is 10.7. The highest BCUT2D eigenvalue weighted by Crippen LogP contribution is 2.27. The zero-order valence-electron chi connectivity index (χ0n) is 17.0. The molecule has 2 atom stereocenters. The lowest BCUT2D eigenvalue weighted by Gasteiger charge is -2.38. The van der Waals surface area contributed by atoms with Crippen LogP contribution in [0.1, 0.15) is 45.1 Å². The van der Waals surface area contributed by atoms with Crippen molar-refractivity contribution in [2.75, 3.05) is 32.7 Å². The molecule has 2 aliphatic heterocycles. The fourth-order valence-corrected chi connectivity index (χ4v) is 4.61. The lowest BCUT2D eigenvalue weighted by atomic mass is 10.0. The molecule has 5 nitrogen and oxygen atoms in total. The van der Waals surface area contributed by atoms with E-state index >= 15 is 0 Å². The number of nitrogens with zero attached hydrogens (tertiary/aromatic N) is 2. The summed E-state index contributed by atoms with van der Waals surface area (Å²) >= 11 is 0. The molecule has 2 aliphatic rings. The van der Waals surface area contributed by atoms with Gasteiger partial charge in [-0.3, -0.25) is 9.69 Å². The molecule has 2 N–H and O–H groups in total. The van der Waals surface area contributed by atoms with Gasteiger partial charge in [-0.05, 0) is 57.8 Å². The second-order valence-electron chi connectivity index (χ2n) is 7.98. The summed E-state index contributed by atoms with van der Waals surface area (Å²) in [5, 5.41) is 6.75. The number of likely N-dealkylation sites (N-methyl/N-ethyl adjacent to an activating group) is 1. The Morgan fingerprint density at radius 2 is 1.89 bits per heavy atom. The van der Waals surface area contributed by atoms with Gasteiger partial charge in [0.05, 0.1) is 6.04 Å². The topological polar surface area (TPSA) is 47.6 Å². The van der Waals surface area contributed by atoms with E-state index in [4.69, 9.17) is 0 Å². The number of benzene rings is 1. The van der Waals surface area contributed by atoms with Gasteiger partial charge >= 0.3 is 0 Å². The van der Waals surface area contributed by atoms with Crippen molar-refractivity contribution in [2.45, 2.75) is 64.2 Å². The summed E-state index contributed by atoms with van der Waals surface area (Å²) in [6, 6.07) is 11.5. The number of carbonyl (C=O) groups is 1. The number of hydrogen-bond donors (Lipinski definition) is 2. The van der Waals surface area contributed by atoms with Crippen LogP contribution in [-0.4, -0.2) is 66.6 Å². The average molecular weight is 373 g/mol. The van der Waals surface area contributed by atoms with Crippen molar-refractivity contribution in [3.8, 4) is 0 Å². The molecular weight excluding hydrogens is 336 g/mol. The lowest BCUT2D eigenvalue weighted by molar-refractivity contribution is -0.126. The average Bonchev–Trinajstić information content (AvgIpc) is 3.13. The van der Waals surface area contributed by atoms with Gasteiger partial charge in [0.1, 0.15) is 0 Å². The summed E-state index contributed by atoms with van der Waals surface area (Å²) in [4.78, 5) is 17.8. The molecule has 0 unspecified atom stereocenters. The van der Waals surface area contributed by atoms with E-state index < -0.39 is 0 Å². The summed E-state index contributed by atoms with van der Waals surface area (Å²) < 4.78 is 0. The van der Waals surface area contributed by atoms with E-state index in [0.29, 0.717) is 18.6 Å². The minimum absolute atomic E-state index is 0.0148. The summed E-state index contributed by atoms with van der Waals surface area (Å²) in [6.45, 7) is 10.3. The zero-order valence-corrected chi connectivity index (χ0v) is 17.0. The van der Waals surface area contributed by atoms with Crippen LogP contribution in [0.4, 0.5) is 0 Å². The van der Waals surface area contributed by atoms with Crippen molar-refractivity contribution in [1.29, 1.82) is 0 Å². The van der Waals surface area contributed by atoms with Gasteiger partial charge in [-0.15, -0.1) is 0 Å². The van der Waals surface area contributed by atoms with E-state index in [1.807, 2.05) is 6.92 Å². The van der Waals surface area contributed by atoms with Gasteiger partial charge in [0.15, 0.2) is 0 Å². The van der Waals surface area contributed by atoms with E-state index in [1.54, 1.807) is 0 Å². The number of amides is 1. The smallest absolute Gasteiger partial charge is 0.237 e. The van der Waals surface area contributed by atoms with Crippen LogP contribution in [0, 0.1) is 0 Å². The van der Waals surface area contributed by atoms with Crippen molar-refractivity contribution in [1.82, 2.24) is 20.4 Å². The van der Waals surface area contributed by atoms with Gasteiger partial charge in [0.25, 0.3) is 0 Å². The van der Waals surface area contributed by atoms with Crippen molar-refractivity contribution in [3.63, 3.8) is 0 Å². The number of rotatable bonds is 8. The molecule has 1 aromatic carbocycles. The molecule has 0 saturated carbocycles. The van der Waals surface area contributed by atoms with Gasteiger partial charge in [-0.1, -0.05) is 37.3 Å². The zero-order chi connectivity index (χ0) is 19.1. The number of nitrogens with one attached hydrogen (secondary N) is 2. The Morgan fingerprint density at radius 1 is 1.15 bits per heavy atom. The molecule has 3 rings (SSSR count). The summed E-state index contributed by atoms with van der Waals surface area (Å²) in [7, 11) is 0. The molecular formula is C22H36N4O. The Bertz CT molecular complexity index is 571. The van der Waals surface area contributed by atoms with Crippen LogP contribution < -0.4 is 10.6 Å². The summed E-state index contributed by atoms with van der Waals surface area (Å²) in [5.74, 6) is 0.206. The van der Waals surface area contributed by atoms with Gasteiger partial charge < -0.3 is 15.5 Å². The highest BCUT2D eigenvalue weighted by Gasteiger charge is 2.40. The van der Waals surface area contributed by atoms with Crippen molar-refractivity contribution < 1.29 is 4.79 Å². The third-order valence-electron chi connectivity index (χ3n) is 6.00. The third-order valence-corrected chi connectivity index (χ3v) is 6.00. The maximum atomic E-state index is 12.7. The van der Waals surface area contributed by atoms with Crippen molar-refractivity contribution in [3.05, 3.63) is 35.9 Å². The number of likely N-dealkylation sites (tertiary alicyclic amines) is 2. The van der Waals surface area contributed by atoms with Gasteiger partial charge in [-0.25, -0.2) is 0 Å². The molecule has 2 fully saturated rings. The summed E-state index contributed by atoms with van der Waals surface area (Å²) in [5.41, 5.74) is 1.30. The standard InChI is InChI=1S/C22H36N4O/c1-3-12-25-13-10-20(11-14-25)26-17-19(15-21(26)22(27)23-4-2)24-16-18-8-6-5-7-9-18/h5-9,19-21,24H,3-4,10-17H2,1-2H3,(H,23,27)/t19-,21-/m0/s1. The first kappa shape index (κ1) is 20.3. The molecule has 0 radical (unpaired) electrons. The van der Waals surface area contributed by atoms with Gasteiger partial charge in [0, 0.05) is 31.7 Å². The first-order valence-electron chi connectivity index (χ1n) is 10.7. The Morgan fingerprint density at radius 3 is 2.56 bits per heavy atom. The van der Waals surface area contributed by atoms with Gasteiger partial charge in [0.2, 0.25) is 5.91 Å². The van der Waals surface area contributed by atoms with Crippen LogP contribution in [0.3, 0.4) is 0 Å². The quantitative estimate of drug-likeness (QED) is 0.735. The molecule has 0 spiro atoms. The fourth-order valence-electron chi connectivity index (χ4n) is 4.61. The molecule has 150 valence electrons. The van der Waals surface area contributed by atoms with Crippen LogP contribution in [0.2, 0.25) is 0 Å². The maximum absolute atomic E-state index is 12.7. The number of carbonyl (C=O) groups excluding carboxylic acids is 1. The highest BCUT2D eigenvalue weighted by atomic mass is 16.2. The monoisotopic (exact) mass is 372 g/mol. The highest BCUT2D eigenvalue weighted by molar-refractivity contribution is 5.82. The Labute approximate surface area is 164 Å². The van der Waals surface area contributed by atoms with E-state index in [0.717, 1.165) is 19.5 Å². The largest absolute Gasteiger partial charge is 0.355 e. The minimum atomic E-state index is 0.0148. The Balaban J connectivity index is 1.59. The molecule has 1 amide bonds. The molecule has 0 aliphatic carbocycles. The minimum Gasteiger partial charge on any atom is -0.355 e. The van der Waals surface area contributed by atoms with E-state index in [2.05, 4.69) is 57.7 Å². The molecule has 0 aromatic heterocycles. The third kappa shape index (κ3) is 5.53. The molecule has 2 heterocycles. The van der Waals surface area contributed by atoms with E-state index in [1.165, 1.54) is 44.5 Å². The second kappa shape index (κ2) is 10.2. The second-order valence-corrected chi connectivity index (χ2v) is 7.98. The van der Waals surface area contributed by atoms with Crippen LogP contribution in [0.15, 0.2) is 30.3 Å². The van der Waals surface area contributed by atoms with Crippen LogP contribution in [-0.2, 0) is 11.3 Å². The van der Waals surface area contributed by atoms with Crippen LogP contribution >= 0.6 is 0 Å². The SMILES string of the molecule is CCCN1CCC(N2C[C@@H](NCc3ccccc3)C[C@H]2C(=O)NCC)CC1. The number of piperidine rings is 1. The molecule has 27 heavy (non-hydrogen) atoms. The predicted molar refractivity (Wildman–Crippen MR) is 111 cm³/mol.